The molecule has 34 heavy (non-hydrogen) atoms. The Kier molecular flexibility index (Phi) is 7.69. The highest BCUT2D eigenvalue weighted by Gasteiger charge is 2.22. The molecule has 0 saturated carbocycles. The third-order valence-corrected chi connectivity index (χ3v) is 6.30. The molecule has 1 aliphatic rings. The fraction of sp³-hybridized carbons (Fsp3) is 0.333. The van der Waals surface area contributed by atoms with E-state index in [1.165, 1.54) is 11.8 Å². The van der Waals surface area contributed by atoms with Gasteiger partial charge in [-0.05, 0) is 42.5 Å². The summed E-state index contributed by atoms with van der Waals surface area (Å²) < 4.78 is 10.6. The van der Waals surface area contributed by atoms with Gasteiger partial charge in [-0.3, -0.25) is 9.59 Å². The van der Waals surface area contributed by atoms with Gasteiger partial charge in [0.15, 0.2) is 0 Å². The first-order chi connectivity index (χ1) is 16.6. The summed E-state index contributed by atoms with van der Waals surface area (Å²) in [5.74, 6) is 1.30. The van der Waals surface area contributed by atoms with Crippen molar-refractivity contribution in [3.8, 4) is 5.75 Å². The average molecular weight is 482 g/mol. The second-order valence-electron chi connectivity index (χ2n) is 7.71. The van der Waals surface area contributed by atoms with Gasteiger partial charge in [0.25, 0.3) is 11.1 Å². The fourth-order valence-electron chi connectivity index (χ4n) is 3.63. The highest BCUT2D eigenvalue weighted by Crippen LogP contribution is 2.22. The molecule has 2 heterocycles. The first-order valence-corrected chi connectivity index (χ1v) is 12.1. The van der Waals surface area contributed by atoms with Crippen LogP contribution in [-0.4, -0.2) is 66.0 Å². The fourth-order valence-corrected chi connectivity index (χ4v) is 4.21. The molecule has 2 amide bonds. The summed E-state index contributed by atoms with van der Waals surface area (Å²) in [5.41, 5.74) is 2.41. The van der Waals surface area contributed by atoms with Gasteiger partial charge in [-0.25, -0.2) is 0 Å². The number of methoxy groups -OCH3 is 1. The Morgan fingerprint density at radius 2 is 1.85 bits per heavy atom. The van der Waals surface area contributed by atoms with Gasteiger partial charge in [-0.15, -0.1) is 10.2 Å². The van der Waals surface area contributed by atoms with Gasteiger partial charge in [-0.2, -0.15) is 0 Å². The number of aryl methyl sites for hydroxylation is 1. The summed E-state index contributed by atoms with van der Waals surface area (Å²) in [5, 5.41) is 11.1. The highest BCUT2D eigenvalue weighted by molar-refractivity contribution is 7.99. The summed E-state index contributed by atoms with van der Waals surface area (Å²) in [7, 11) is 1.59. The number of carbonyl (C=O) groups is 2. The van der Waals surface area contributed by atoms with Crippen LogP contribution in [0.4, 0.5) is 11.4 Å². The molecule has 0 atom stereocenters. The number of aromatic nitrogens is 2. The largest absolute Gasteiger partial charge is 0.497 e. The number of benzene rings is 2. The third kappa shape index (κ3) is 5.88. The van der Waals surface area contributed by atoms with E-state index >= 15 is 0 Å². The van der Waals surface area contributed by atoms with Crippen LogP contribution in [0.25, 0.3) is 0 Å². The van der Waals surface area contributed by atoms with Gasteiger partial charge in [-0.1, -0.05) is 24.8 Å². The van der Waals surface area contributed by atoms with Crippen LogP contribution in [0.1, 0.15) is 23.2 Å². The number of carbonyl (C=O) groups excluding carboxylic acids is 2. The van der Waals surface area contributed by atoms with Crippen molar-refractivity contribution in [2.24, 2.45) is 0 Å². The minimum absolute atomic E-state index is 0.0147. The summed E-state index contributed by atoms with van der Waals surface area (Å²) in [6.45, 7) is 4.69. The highest BCUT2D eigenvalue weighted by atomic mass is 32.2. The zero-order chi connectivity index (χ0) is 23.9. The standard InChI is InChI=1S/C24H27N5O4S/c1-3-22-26-27-24(33-22)34-16-21(30)25-18-7-9-19(10-8-18)28-11-13-29(14-12-28)23(31)17-5-4-6-20(15-17)32-2/h4-10,15H,3,11-14,16H2,1-2H3,(H,25,30). The van der Waals surface area contributed by atoms with Crippen molar-refractivity contribution in [2.75, 3.05) is 49.3 Å². The zero-order valence-corrected chi connectivity index (χ0v) is 20.0. The molecule has 0 spiro atoms. The van der Waals surface area contributed by atoms with Crippen LogP contribution in [0.15, 0.2) is 58.2 Å². The van der Waals surface area contributed by atoms with Gasteiger partial charge >= 0.3 is 0 Å². The molecule has 1 fully saturated rings. The monoisotopic (exact) mass is 481 g/mol. The van der Waals surface area contributed by atoms with E-state index in [2.05, 4.69) is 20.4 Å². The smallest absolute Gasteiger partial charge is 0.277 e. The molecular formula is C24H27N5O4S. The Hall–Kier alpha value is -3.53. The van der Waals surface area contributed by atoms with E-state index in [-0.39, 0.29) is 17.6 Å². The summed E-state index contributed by atoms with van der Waals surface area (Å²) in [6.07, 6.45) is 0.666. The third-order valence-electron chi connectivity index (χ3n) is 5.48. The van der Waals surface area contributed by atoms with Crippen molar-refractivity contribution in [3.63, 3.8) is 0 Å². The Bertz CT molecular complexity index is 1130. The quantitative estimate of drug-likeness (QED) is 0.489. The lowest BCUT2D eigenvalue weighted by Crippen LogP contribution is -2.48. The molecule has 178 valence electrons. The number of anilines is 2. The van der Waals surface area contributed by atoms with E-state index in [0.717, 1.165) is 24.5 Å². The van der Waals surface area contributed by atoms with Gasteiger partial charge < -0.3 is 24.3 Å². The number of ether oxygens (including phenoxy) is 1. The Morgan fingerprint density at radius 1 is 1.09 bits per heavy atom. The molecule has 1 saturated heterocycles. The van der Waals surface area contributed by atoms with Gasteiger partial charge in [0.2, 0.25) is 11.8 Å². The molecule has 0 unspecified atom stereocenters. The Morgan fingerprint density at radius 3 is 2.53 bits per heavy atom. The van der Waals surface area contributed by atoms with Gasteiger partial charge in [0, 0.05) is 49.5 Å². The molecule has 10 heteroatoms. The molecular weight excluding hydrogens is 454 g/mol. The molecule has 0 bridgehead atoms. The predicted molar refractivity (Wildman–Crippen MR) is 131 cm³/mol. The number of piperazine rings is 1. The first kappa shape index (κ1) is 23.6. The van der Waals surface area contributed by atoms with Gasteiger partial charge in [0.05, 0.1) is 12.9 Å². The van der Waals surface area contributed by atoms with Crippen LogP contribution in [0, 0.1) is 0 Å². The molecule has 0 radical (unpaired) electrons. The van der Waals surface area contributed by atoms with E-state index in [4.69, 9.17) is 9.15 Å². The number of hydrogen-bond acceptors (Lipinski definition) is 8. The van der Waals surface area contributed by atoms with E-state index < -0.39 is 0 Å². The predicted octanol–water partition coefficient (Wildman–Crippen LogP) is 3.33. The Balaban J connectivity index is 1.25. The second-order valence-corrected chi connectivity index (χ2v) is 8.64. The lowest BCUT2D eigenvalue weighted by molar-refractivity contribution is -0.113. The molecule has 9 nitrogen and oxygen atoms in total. The minimum Gasteiger partial charge on any atom is -0.497 e. The van der Waals surface area contributed by atoms with Crippen molar-refractivity contribution in [1.82, 2.24) is 15.1 Å². The van der Waals surface area contributed by atoms with E-state index in [9.17, 15) is 9.59 Å². The number of hydrogen-bond donors (Lipinski definition) is 1. The molecule has 2 aromatic carbocycles. The molecule has 3 aromatic rings. The van der Waals surface area contributed by atoms with Crippen LogP contribution < -0.4 is 15.0 Å². The molecule has 0 aliphatic carbocycles. The second kappa shape index (κ2) is 11.1. The minimum atomic E-state index is -0.140. The Labute approximate surface area is 202 Å². The number of amides is 2. The summed E-state index contributed by atoms with van der Waals surface area (Å²) >= 11 is 1.21. The maximum atomic E-state index is 12.8. The van der Waals surface area contributed by atoms with Gasteiger partial charge in [0.1, 0.15) is 5.75 Å². The van der Waals surface area contributed by atoms with Crippen LogP contribution in [0.3, 0.4) is 0 Å². The van der Waals surface area contributed by atoms with Crippen molar-refractivity contribution in [3.05, 3.63) is 60.0 Å². The van der Waals surface area contributed by atoms with Crippen LogP contribution in [0.5, 0.6) is 5.75 Å². The van der Waals surface area contributed by atoms with E-state index in [1.54, 1.807) is 13.2 Å². The van der Waals surface area contributed by atoms with Crippen molar-refractivity contribution in [2.45, 2.75) is 18.6 Å². The topological polar surface area (TPSA) is 101 Å². The van der Waals surface area contributed by atoms with Crippen molar-refractivity contribution >= 4 is 35.0 Å². The molecule has 1 N–H and O–H groups in total. The number of thioether (sulfide) groups is 1. The summed E-state index contributed by atoms with van der Waals surface area (Å²) in [6, 6.07) is 15.0. The maximum Gasteiger partial charge on any atom is 0.277 e. The maximum absolute atomic E-state index is 12.8. The SMILES string of the molecule is CCc1nnc(SCC(=O)Nc2ccc(N3CCN(C(=O)c4cccc(OC)c4)CC3)cc2)o1. The van der Waals surface area contributed by atoms with E-state index in [0.29, 0.717) is 41.9 Å². The summed E-state index contributed by atoms with van der Waals surface area (Å²) in [4.78, 5) is 29.1. The van der Waals surface area contributed by atoms with Crippen LogP contribution >= 0.6 is 11.8 Å². The zero-order valence-electron chi connectivity index (χ0n) is 19.2. The van der Waals surface area contributed by atoms with E-state index in [1.807, 2.05) is 54.3 Å². The number of rotatable bonds is 8. The number of nitrogens with one attached hydrogen (secondary N) is 1. The lowest BCUT2D eigenvalue weighted by atomic mass is 10.1. The van der Waals surface area contributed by atoms with Crippen LogP contribution in [-0.2, 0) is 11.2 Å². The first-order valence-electron chi connectivity index (χ1n) is 11.1. The normalized spacial score (nSPS) is 13.6. The molecule has 1 aromatic heterocycles. The van der Waals surface area contributed by atoms with Crippen molar-refractivity contribution < 1.29 is 18.7 Å². The van der Waals surface area contributed by atoms with Crippen molar-refractivity contribution in [1.29, 1.82) is 0 Å². The molecule has 4 rings (SSSR count). The van der Waals surface area contributed by atoms with Crippen LogP contribution in [0.2, 0.25) is 0 Å². The lowest BCUT2D eigenvalue weighted by Gasteiger charge is -2.36. The average Bonchev–Trinajstić information content (AvgIpc) is 3.36. The molecule has 1 aliphatic heterocycles. The number of nitrogens with zero attached hydrogens (tertiary/aromatic N) is 4.